The van der Waals surface area contributed by atoms with Crippen LogP contribution in [0.15, 0.2) is 12.2 Å². The van der Waals surface area contributed by atoms with E-state index < -0.39 is 44.7 Å². The highest BCUT2D eigenvalue weighted by Crippen LogP contribution is 2.43. The Morgan fingerprint density at radius 2 is 1.09 bits per heavy atom. The molecule has 56 heavy (non-hydrogen) atoms. The quantitative estimate of drug-likeness (QED) is 0.0179. The maximum atomic E-state index is 12.7. The Labute approximate surface area is 342 Å². The van der Waals surface area contributed by atoms with Gasteiger partial charge in [0.25, 0.3) is 0 Å². The second kappa shape index (κ2) is 36.7. The van der Waals surface area contributed by atoms with Crippen molar-refractivity contribution in [2.75, 3.05) is 47.5 Å². The number of hydrogen-bond donors (Lipinski definition) is 3. The lowest BCUT2D eigenvalue weighted by Crippen LogP contribution is -2.37. The van der Waals surface area contributed by atoms with Gasteiger partial charge in [-0.3, -0.25) is 18.6 Å². The topological polar surface area (TPSA) is 149 Å². The number of rotatable bonds is 41. The normalized spacial score (nSPS) is 14.8. The lowest BCUT2D eigenvalue weighted by atomic mass is 10.0. The van der Waals surface area contributed by atoms with Gasteiger partial charge in [-0.05, 0) is 38.5 Å². The Hall–Kier alpha value is -1.33. The predicted molar refractivity (Wildman–Crippen MR) is 227 cm³/mol. The predicted octanol–water partition coefficient (Wildman–Crippen LogP) is 10.5. The summed E-state index contributed by atoms with van der Waals surface area (Å²) < 4.78 is 34.2. The molecule has 0 rings (SSSR count). The van der Waals surface area contributed by atoms with E-state index in [1.807, 2.05) is 27.2 Å². The monoisotopic (exact) mass is 821 g/mol. The molecule has 332 valence electrons. The van der Waals surface area contributed by atoms with E-state index in [-0.39, 0.29) is 26.1 Å². The number of phosphoric ester groups is 1. The van der Waals surface area contributed by atoms with Crippen molar-refractivity contribution in [3.63, 3.8) is 0 Å². The standard InChI is InChI=1S/C44H86NO10P/c1-6-8-10-12-14-15-16-17-18-19-20-21-22-26-30-34-43(48)52-38-40(39-54-56(50,51)53-37-36-45(3,4)5)55-44(49)35-31-27-23-25-29-33-42(47)41(46)32-28-24-13-11-9-7-2/h24,28,40-42,46-47H,6-23,25-27,29-39H2,1-5H3/p+1/b28-24-/t40-,41+,42+/m1/s1. The molecule has 0 spiro atoms. The molecule has 1 unspecified atom stereocenters. The summed E-state index contributed by atoms with van der Waals surface area (Å²) in [6.07, 6.45) is 29.9. The summed E-state index contributed by atoms with van der Waals surface area (Å²) in [6, 6.07) is 0. The lowest BCUT2D eigenvalue weighted by Gasteiger charge is -2.24. The number of unbranched alkanes of at least 4 members (excludes halogenated alkanes) is 21. The molecule has 0 radical (unpaired) electrons. The Morgan fingerprint density at radius 3 is 1.62 bits per heavy atom. The van der Waals surface area contributed by atoms with E-state index >= 15 is 0 Å². The van der Waals surface area contributed by atoms with Crippen LogP contribution in [-0.2, 0) is 32.7 Å². The fraction of sp³-hybridized carbons (Fsp3) is 0.909. The van der Waals surface area contributed by atoms with Gasteiger partial charge in [-0.15, -0.1) is 0 Å². The molecule has 0 aromatic carbocycles. The molecule has 0 saturated heterocycles. The fourth-order valence-corrected chi connectivity index (χ4v) is 7.01. The zero-order chi connectivity index (χ0) is 41.8. The van der Waals surface area contributed by atoms with Gasteiger partial charge in [0.15, 0.2) is 6.10 Å². The number of esters is 2. The molecule has 0 amide bonds. The van der Waals surface area contributed by atoms with Crippen LogP contribution in [0, 0.1) is 0 Å². The first-order valence-corrected chi connectivity index (χ1v) is 24.1. The summed E-state index contributed by atoms with van der Waals surface area (Å²) >= 11 is 0. The molecule has 0 bridgehead atoms. The minimum absolute atomic E-state index is 0.00600. The third kappa shape index (κ3) is 38.2. The van der Waals surface area contributed by atoms with E-state index in [0.717, 1.165) is 57.8 Å². The molecule has 3 N–H and O–H groups in total. The number of likely N-dealkylation sites (N-methyl/N-ethyl adjacent to an activating group) is 1. The highest BCUT2D eigenvalue weighted by Gasteiger charge is 2.27. The largest absolute Gasteiger partial charge is 0.472 e. The minimum atomic E-state index is -4.41. The van der Waals surface area contributed by atoms with Crippen molar-refractivity contribution in [3.8, 4) is 0 Å². The zero-order valence-corrected chi connectivity index (χ0v) is 37.5. The Kier molecular flexibility index (Phi) is 35.9. The number of allylic oxidation sites excluding steroid dienone is 1. The first-order valence-electron chi connectivity index (χ1n) is 22.6. The molecule has 11 nitrogen and oxygen atoms in total. The van der Waals surface area contributed by atoms with Crippen molar-refractivity contribution < 1.29 is 52.3 Å². The van der Waals surface area contributed by atoms with Crippen LogP contribution in [0.3, 0.4) is 0 Å². The van der Waals surface area contributed by atoms with E-state index in [2.05, 4.69) is 19.9 Å². The van der Waals surface area contributed by atoms with Gasteiger partial charge in [-0.25, -0.2) is 4.57 Å². The van der Waals surface area contributed by atoms with Crippen LogP contribution in [0.1, 0.15) is 194 Å². The zero-order valence-electron chi connectivity index (χ0n) is 36.6. The van der Waals surface area contributed by atoms with Crippen LogP contribution in [0.5, 0.6) is 0 Å². The Bertz CT molecular complexity index is 1000. The molecule has 12 heteroatoms. The van der Waals surface area contributed by atoms with Gasteiger partial charge in [0.05, 0.1) is 40.0 Å². The molecule has 0 saturated carbocycles. The molecule has 0 aliphatic heterocycles. The molecule has 0 aliphatic rings. The average Bonchev–Trinajstić information content (AvgIpc) is 3.14. The SMILES string of the molecule is CCCCC/C=C\C[C@H](O)[C@@H](O)CCCCCCCC(=O)O[C@H](COC(=O)CCCCCCCCCCCCCCCCC)COP(=O)(O)OCC[N+](C)(C)C. The Balaban J connectivity index is 4.45. The number of quaternary nitrogens is 1. The molecule has 4 atom stereocenters. The van der Waals surface area contributed by atoms with Crippen LogP contribution in [0.25, 0.3) is 0 Å². The molecule has 0 aliphatic carbocycles. The first kappa shape index (κ1) is 54.7. The van der Waals surface area contributed by atoms with Crippen molar-refractivity contribution >= 4 is 19.8 Å². The Morgan fingerprint density at radius 1 is 0.607 bits per heavy atom. The van der Waals surface area contributed by atoms with Crippen molar-refractivity contribution in [2.45, 2.75) is 212 Å². The fourth-order valence-electron chi connectivity index (χ4n) is 6.27. The van der Waals surface area contributed by atoms with E-state index in [1.54, 1.807) is 0 Å². The number of carbonyl (C=O) groups excluding carboxylic acids is 2. The average molecular weight is 821 g/mol. The summed E-state index contributed by atoms with van der Waals surface area (Å²) in [5.74, 6) is -0.902. The number of aliphatic hydroxyl groups excluding tert-OH is 2. The highest BCUT2D eigenvalue weighted by atomic mass is 31.2. The van der Waals surface area contributed by atoms with Crippen LogP contribution < -0.4 is 0 Å². The summed E-state index contributed by atoms with van der Waals surface area (Å²) in [6.45, 7) is 4.20. The maximum absolute atomic E-state index is 12.7. The second-order valence-electron chi connectivity index (χ2n) is 16.8. The molecule has 0 fully saturated rings. The van der Waals surface area contributed by atoms with Gasteiger partial charge in [0, 0.05) is 12.8 Å². The number of nitrogens with zero attached hydrogens (tertiary/aromatic N) is 1. The van der Waals surface area contributed by atoms with Gasteiger partial charge in [-0.2, -0.15) is 0 Å². The minimum Gasteiger partial charge on any atom is -0.462 e. The van der Waals surface area contributed by atoms with E-state index in [0.29, 0.717) is 30.3 Å². The van der Waals surface area contributed by atoms with Crippen LogP contribution >= 0.6 is 7.82 Å². The number of hydrogen-bond acceptors (Lipinski definition) is 9. The van der Waals surface area contributed by atoms with Gasteiger partial charge in [-0.1, -0.05) is 154 Å². The third-order valence-electron chi connectivity index (χ3n) is 10.00. The van der Waals surface area contributed by atoms with Crippen molar-refractivity contribution in [1.29, 1.82) is 0 Å². The van der Waals surface area contributed by atoms with Crippen LogP contribution in [0.2, 0.25) is 0 Å². The molecule has 0 aromatic rings. The van der Waals surface area contributed by atoms with Crippen molar-refractivity contribution in [3.05, 3.63) is 12.2 Å². The molecule has 0 aromatic heterocycles. The summed E-state index contributed by atoms with van der Waals surface area (Å²) in [5, 5.41) is 20.5. The first-order chi connectivity index (χ1) is 26.8. The molecular weight excluding hydrogens is 733 g/mol. The van der Waals surface area contributed by atoms with Gasteiger partial charge in [0.1, 0.15) is 19.8 Å². The number of ether oxygens (including phenoxy) is 2. The van der Waals surface area contributed by atoms with Gasteiger partial charge in [0.2, 0.25) is 0 Å². The van der Waals surface area contributed by atoms with Gasteiger partial charge >= 0.3 is 19.8 Å². The van der Waals surface area contributed by atoms with Crippen molar-refractivity contribution in [2.24, 2.45) is 0 Å². The van der Waals surface area contributed by atoms with E-state index in [9.17, 15) is 29.3 Å². The van der Waals surface area contributed by atoms with Gasteiger partial charge < -0.3 is 29.1 Å². The number of carbonyl (C=O) groups is 2. The maximum Gasteiger partial charge on any atom is 0.472 e. The summed E-state index contributed by atoms with van der Waals surface area (Å²) in [5.41, 5.74) is 0. The molecule has 0 heterocycles. The van der Waals surface area contributed by atoms with E-state index in [1.165, 1.54) is 89.9 Å². The number of phosphoric acid groups is 1. The van der Waals surface area contributed by atoms with Crippen LogP contribution in [0.4, 0.5) is 0 Å². The summed E-state index contributed by atoms with van der Waals surface area (Å²) in [4.78, 5) is 35.4. The number of aliphatic hydroxyl groups is 2. The second-order valence-corrected chi connectivity index (χ2v) is 18.2. The highest BCUT2D eigenvalue weighted by molar-refractivity contribution is 7.47. The third-order valence-corrected chi connectivity index (χ3v) is 11.0. The van der Waals surface area contributed by atoms with Crippen molar-refractivity contribution in [1.82, 2.24) is 0 Å². The van der Waals surface area contributed by atoms with Crippen LogP contribution in [-0.4, -0.2) is 97.3 Å². The van der Waals surface area contributed by atoms with E-state index in [4.69, 9.17) is 18.5 Å². The smallest absolute Gasteiger partial charge is 0.462 e. The molecular formula is C44H87NO10P+. The summed E-state index contributed by atoms with van der Waals surface area (Å²) in [7, 11) is 1.39. The lowest BCUT2D eigenvalue weighted by molar-refractivity contribution is -0.870.